The fourth-order valence-corrected chi connectivity index (χ4v) is 3.32. The van der Waals surface area contributed by atoms with Crippen molar-refractivity contribution in [2.75, 3.05) is 41.0 Å². The van der Waals surface area contributed by atoms with Gasteiger partial charge < -0.3 is 19.9 Å². The Morgan fingerprint density at radius 1 is 1.18 bits per heavy atom. The number of ether oxygens (including phenoxy) is 3. The van der Waals surface area contributed by atoms with Gasteiger partial charge >= 0.3 is 0 Å². The van der Waals surface area contributed by atoms with Crippen LogP contribution in [0.2, 0.25) is 0 Å². The first-order valence-electron chi connectivity index (χ1n) is 7.88. The first kappa shape index (κ1) is 16.9. The van der Waals surface area contributed by atoms with E-state index < -0.39 is 0 Å². The van der Waals surface area contributed by atoms with Gasteiger partial charge in [0.25, 0.3) is 0 Å². The molecule has 5 nitrogen and oxygen atoms in total. The Labute approximate surface area is 133 Å². The van der Waals surface area contributed by atoms with Gasteiger partial charge in [-0.1, -0.05) is 6.92 Å². The van der Waals surface area contributed by atoms with Gasteiger partial charge in [0.15, 0.2) is 0 Å². The van der Waals surface area contributed by atoms with E-state index in [1.807, 2.05) is 12.1 Å². The van der Waals surface area contributed by atoms with E-state index in [4.69, 9.17) is 19.9 Å². The van der Waals surface area contributed by atoms with Gasteiger partial charge in [-0.15, -0.1) is 0 Å². The van der Waals surface area contributed by atoms with Crippen molar-refractivity contribution < 1.29 is 14.2 Å². The van der Waals surface area contributed by atoms with Gasteiger partial charge in [-0.25, -0.2) is 0 Å². The minimum Gasteiger partial charge on any atom is -0.496 e. The maximum Gasteiger partial charge on any atom is 0.131 e. The average molecular weight is 308 g/mol. The number of likely N-dealkylation sites (tertiary alicyclic amines) is 1. The van der Waals surface area contributed by atoms with E-state index in [-0.39, 0.29) is 6.04 Å². The highest BCUT2D eigenvalue weighted by Crippen LogP contribution is 2.41. The van der Waals surface area contributed by atoms with Gasteiger partial charge in [-0.3, -0.25) is 4.90 Å². The lowest BCUT2D eigenvalue weighted by atomic mass is 9.95. The molecule has 1 heterocycles. The molecule has 0 unspecified atom stereocenters. The second-order valence-electron chi connectivity index (χ2n) is 5.94. The van der Waals surface area contributed by atoms with Gasteiger partial charge in [0.1, 0.15) is 17.2 Å². The van der Waals surface area contributed by atoms with Crippen LogP contribution in [0, 0.1) is 5.92 Å². The zero-order chi connectivity index (χ0) is 16.1. The molecule has 5 heteroatoms. The molecule has 0 spiro atoms. The molecule has 0 saturated carbocycles. The molecule has 0 bridgehead atoms. The van der Waals surface area contributed by atoms with Gasteiger partial charge in [0.05, 0.1) is 32.9 Å². The van der Waals surface area contributed by atoms with Crippen LogP contribution in [-0.2, 0) is 0 Å². The summed E-state index contributed by atoms with van der Waals surface area (Å²) in [6.07, 6.45) is 2.49. The Hall–Kier alpha value is -1.46. The topological polar surface area (TPSA) is 57.0 Å². The summed E-state index contributed by atoms with van der Waals surface area (Å²) in [6, 6.07) is 3.89. The molecule has 1 aromatic carbocycles. The highest BCUT2D eigenvalue weighted by molar-refractivity contribution is 5.52. The molecule has 1 aliphatic heterocycles. The first-order valence-corrected chi connectivity index (χ1v) is 7.88. The Balaban J connectivity index is 2.42. The van der Waals surface area contributed by atoms with Crippen LogP contribution in [0.25, 0.3) is 0 Å². The van der Waals surface area contributed by atoms with Crippen LogP contribution < -0.4 is 19.9 Å². The number of benzene rings is 1. The number of hydrogen-bond acceptors (Lipinski definition) is 5. The number of piperidine rings is 1. The minimum atomic E-state index is 0.0959. The van der Waals surface area contributed by atoms with Crippen molar-refractivity contribution in [1.82, 2.24) is 4.90 Å². The Bertz CT molecular complexity index is 468. The van der Waals surface area contributed by atoms with E-state index in [1.54, 1.807) is 21.3 Å². The summed E-state index contributed by atoms with van der Waals surface area (Å²) in [5.41, 5.74) is 7.13. The van der Waals surface area contributed by atoms with Gasteiger partial charge in [-0.2, -0.15) is 0 Å². The largest absolute Gasteiger partial charge is 0.496 e. The third-order valence-electron chi connectivity index (χ3n) is 4.44. The molecule has 2 N–H and O–H groups in total. The molecule has 0 aromatic heterocycles. The van der Waals surface area contributed by atoms with E-state index >= 15 is 0 Å². The monoisotopic (exact) mass is 308 g/mol. The van der Waals surface area contributed by atoms with E-state index in [1.165, 1.54) is 12.8 Å². The van der Waals surface area contributed by atoms with Crippen LogP contribution in [-0.4, -0.2) is 45.9 Å². The van der Waals surface area contributed by atoms with Crippen LogP contribution in [0.5, 0.6) is 17.2 Å². The number of nitrogens with zero attached hydrogens (tertiary/aromatic N) is 1. The molecule has 0 aliphatic carbocycles. The molecule has 0 amide bonds. The predicted molar refractivity (Wildman–Crippen MR) is 87.9 cm³/mol. The molecule has 1 saturated heterocycles. The maximum atomic E-state index is 6.11. The third kappa shape index (κ3) is 3.47. The lowest BCUT2D eigenvalue weighted by molar-refractivity contribution is 0.129. The quantitative estimate of drug-likeness (QED) is 0.875. The molecule has 2 atom stereocenters. The Kier molecular flexibility index (Phi) is 5.91. The van der Waals surface area contributed by atoms with Crippen molar-refractivity contribution in [3.63, 3.8) is 0 Å². The van der Waals surface area contributed by atoms with E-state index in [0.29, 0.717) is 12.5 Å². The van der Waals surface area contributed by atoms with Crippen LogP contribution >= 0.6 is 0 Å². The normalized spacial score (nSPS) is 20.5. The molecule has 1 aromatic rings. The van der Waals surface area contributed by atoms with Crippen LogP contribution in [0.4, 0.5) is 0 Å². The zero-order valence-electron chi connectivity index (χ0n) is 14.1. The fraction of sp³-hybridized carbons (Fsp3) is 0.647. The van der Waals surface area contributed by atoms with Crippen LogP contribution in [0.15, 0.2) is 12.1 Å². The van der Waals surface area contributed by atoms with Gasteiger partial charge in [0, 0.05) is 25.2 Å². The zero-order valence-corrected chi connectivity index (χ0v) is 14.1. The number of hydrogen-bond donors (Lipinski definition) is 1. The van der Waals surface area contributed by atoms with Crippen LogP contribution in [0.3, 0.4) is 0 Å². The molecule has 2 rings (SSSR count). The SMILES string of the molecule is COc1cc(OC)c([C@@H](CN)N2CCC[C@H](C)C2)c(OC)c1. The first-order chi connectivity index (χ1) is 10.6. The standard InChI is InChI=1S/C17H28N2O3/c1-12-6-5-7-19(11-12)14(10-18)17-15(21-3)8-13(20-2)9-16(17)22-4/h8-9,12,14H,5-7,10-11,18H2,1-4H3/t12-,14+/m0/s1. The van der Waals surface area contributed by atoms with Crippen molar-refractivity contribution in [2.24, 2.45) is 11.7 Å². The highest BCUT2D eigenvalue weighted by atomic mass is 16.5. The summed E-state index contributed by atoms with van der Waals surface area (Å²) in [5.74, 6) is 2.95. The van der Waals surface area contributed by atoms with E-state index in [0.717, 1.165) is 35.9 Å². The summed E-state index contributed by atoms with van der Waals surface area (Å²) >= 11 is 0. The van der Waals surface area contributed by atoms with Gasteiger partial charge in [-0.05, 0) is 25.3 Å². The van der Waals surface area contributed by atoms with Crippen molar-refractivity contribution >= 4 is 0 Å². The average Bonchev–Trinajstić information content (AvgIpc) is 2.55. The fourth-order valence-electron chi connectivity index (χ4n) is 3.32. The second-order valence-corrected chi connectivity index (χ2v) is 5.94. The maximum absolute atomic E-state index is 6.11. The lowest BCUT2D eigenvalue weighted by Gasteiger charge is -2.38. The Morgan fingerprint density at radius 3 is 2.27 bits per heavy atom. The number of rotatable bonds is 6. The van der Waals surface area contributed by atoms with Crippen molar-refractivity contribution in [3.8, 4) is 17.2 Å². The molecule has 124 valence electrons. The second kappa shape index (κ2) is 7.70. The smallest absolute Gasteiger partial charge is 0.131 e. The minimum absolute atomic E-state index is 0.0959. The molecule has 0 radical (unpaired) electrons. The molecule has 1 fully saturated rings. The number of methoxy groups -OCH3 is 3. The van der Waals surface area contributed by atoms with Crippen molar-refractivity contribution in [1.29, 1.82) is 0 Å². The molecular formula is C17H28N2O3. The predicted octanol–water partition coefficient (Wildman–Crippen LogP) is 2.44. The summed E-state index contributed by atoms with van der Waals surface area (Å²) in [6.45, 7) is 4.94. The Morgan fingerprint density at radius 2 is 1.82 bits per heavy atom. The summed E-state index contributed by atoms with van der Waals surface area (Å²) in [7, 11) is 4.98. The van der Waals surface area contributed by atoms with Crippen LogP contribution in [0.1, 0.15) is 31.4 Å². The third-order valence-corrected chi connectivity index (χ3v) is 4.44. The molecule has 22 heavy (non-hydrogen) atoms. The highest BCUT2D eigenvalue weighted by Gasteiger charge is 2.29. The van der Waals surface area contributed by atoms with Crippen molar-refractivity contribution in [2.45, 2.75) is 25.8 Å². The molecule has 1 aliphatic rings. The van der Waals surface area contributed by atoms with E-state index in [9.17, 15) is 0 Å². The summed E-state index contributed by atoms with van der Waals surface area (Å²) in [4.78, 5) is 2.45. The van der Waals surface area contributed by atoms with E-state index in [2.05, 4.69) is 11.8 Å². The van der Waals surface area contributed by atoms with Crippen molar-refractivity contribution in [3.05, 3.63) is 17.7 Å². The summed E-state index contributed by atoms with van der Waals surface area (Å²) < 4.78 is 16.5. The number of nitrogens with two attached hydrogens (primary N) is 1. The molecular weight excluding hydrogens is 280 g/mol. The lowest BCUT2D eigenvalue weighted by Crippen LogP contribution is -2.40. The van der Waals surface area contributed by atoms with Gasteiger partial charge in [0.2, 0.25) is 0 Å². The summed E-state index contributed by atoms with van der Waals surface area (Å²) in [5, 5.41) is 0.